The van der Waals surface area contributed by atoms with E-state index in [1.807, 2.05) is 49.1 Å². The minimum absolute atomic E-state index is 0.00822. The molecule has 0 aromatic heterocycles. The van der Waals surface area contributed by atoms with Crippen molar-refractivity contribution in [1.29, 1.82) is 0 Å². The van der Waals surface area contributed by atoms with E-state index >= 15 is 0 Å². The van der Waals surface area contributed by atoms with Gasteiger partial charge in [0.15, 0.2) is 0 Å². The van der Waals surface area contributed by atoms with Crippen LogP contribution in [-0.2, 0) is 9.59 Å². The van der Waals surface area contributed by atoms with E-state index in [4.69, 9.17) is 0 Å². The van der Waals surface area contributed by atoms with Crippen LogP contribution >= 0.6 is 0 Å². The SMILES string of the molecule is CC[C@H](C(=O)N1CCC[C@@H](CNC(=O)C(C)C)C1)c1ccccc1. The summed E-state index contributed by atoms with van der Waals surface area (Å²) in [5, 5.41) is 3.01. The predicted octanol–water partition coefficient (Wildman–Crippen LogP) is 3.19. The van der Waals surface area contributed by atoms with E-state index in [2.05, 4.69) is 12.2 Å². The number of hydrogen-bond acceptors (Lipinski definition) is 2. The number of piperidine rings is 1. The number of amides is 2. The van der Waals surface area contributed by atoms with Crippen LogP contribution in [0.25, 0.3) is 0 Å². The number of carbonyl (C=O) groups is 2. The summed E-state index contributed by atoms with van der Waals surface area (Å²) in [6.45, 7) is 8.12. The second-order valence-electron chi connectivity index (χ2n) is 7.06. The van der Waals surface area contributed by atoms with Gasteiger partial charge in [-0.3, -0.25) is 9.59 Å². The molecule has 1 heterocycles. The third-order valence-electron chi connectivity index (χ3n) is 4.83. The summed E-state index contributed by atoms with van der Waals surface area (Å²) < 4.78 is 0. The van der Waals surface area contributed by atoms with Gasteiger partial charge in [0.2, 0.25) is 11.8 Å². The summed E-state index contributed by atoms with van der Waals surface area (Å²) in [4.78, 5) is 26.7. The van der Waals surface area contributed by atoms with Crippen LogP contribution in [-0.4, -0.2) is 36.3 Å². The van der Waals surface area contributed by atoms with Gasteiger partial charge >= 0.3 is 0 Å². The Labute approximate surface area is 145 Å². The topological polar surface area (TPSA) is 49.4 Å². The van der Waals surface area contributed by atoms with Gasteiger partial charge in [0.25, 0.3) is 0 Å². The van der Waals surface area contributed by atoms with Crippen molar-refractivity contribution in [3.05, 3.63) is 35.9 Å². The fourth-order valence-corrected chi connectivity index (χ4v) is 3.34. The third-order valence-corrected chi connectivity index (χ3v) is 4.83. The Morgan fingerprint density at radius 3 is 2.58 bits per heavy atom. The van der Waals surface area contributed by atoms with Crippen molar-refractivity contribution in [1.82, 2.24) is 10.2 Å². The molecule has 2 atom stereocenters. The molecule has 1 saturated heterocycles. The van der Waals surface area contributed by atoms with Crippen molar-refractivity contribution < 1.29 is 9.59 Å². The Morgan fingerprint density at radius 1 is 1.25 bits per heavy atom. The molecule has 2 amide bonds. The number of rotatable bonds is 6. The molecule has 24 heavy (non-hydrogen) atoms. The highest BCUT2D eigenvalue weighted by Gasteiger charge is 2.29. The molecule has 4 heteroatoms. The number of nitrogens with zero attached hydrogens (tertiary/aromatic N) is 1. The fourth-order valence-electron chi connectivity index (χ4n) is 3.34. The lowest BCUT2D eigenvalue weighted by Crippen LogP contribution is -2.45. The molecule has 0 aliphatic carbocycles. The summed E-state index contributed by atoms with van der Waals surface area (Å²) in [5.74, 6) is 0.625. The lowest BCUT2D eigenvalue weighted by molar-refractivity contribution is -0.134. The van der Waals surface area contributed by atoms with Crippen molar-refractivity contribution in [3.63, 3.8) is 0 Å². The largest absolute Gasteiger partial charge is 0.356 e. The average molecular weight is 330 g/mol. The van der Waals surface area contributed by atoms with Crippen LogP contribution in [0.2, 0.25) is 0 Å². The van der Waals surface area contributed by atoms with Crippen molar-refractivity contribution in [2.24, 2.45) is 11.8 Å². The molecule has 0 unspecified atom stereocenters. The smallest absolute Gasteiger partial charge is 0.230 e. The molecule has 132 valence electrons. The predicted molar refractivity (Wildman–Crippen MR) is 96.6 cm³/mol. The molecule has 1 aromatic rings. The lowest BCUT2D eigenvalue weighted by Gasteiger charge is -2.35. The highest BCUT2D eigenvalue weighted by atomic mass is 16.2. The Bertz CT molecular complexity index is 542. The number of hydrogen-bond donors (Lipinski definition) is 1. The third kappa shape index (κ3) is 4.83. The molecule has 1 aromatic carbocycles. The first-order chi connectivity index (χ1) is 11.5. The van der Waals surface area contributed by atoms with E-state index in [1.165, 1.54) is 0 Å². The summed E-state index contributed by atoms with van der Waals surface area (Å²) in [6, 6.07) is 10.0. The number of nitrogens with one attached hydrogen (secondary N) is 1. The molecular weight excluding hydrogens is 300 g/mol. The molecular formula is C20H30N2O2. The first-order valence-corrected chi connectivity index (χ1v) is 9.14. The molecule has 1 fully saturated rings. The van der Waals surface area contributed by atoms with Crippen LogP contribution in [0.5, 0.6) is 0 Å². The molecule has 0 bridgehead atoms. The van der Waals surface area contributed by atoms with Crippen LogP contribution in [0.15, 0.2) is 30.3 Å². The normalized spacial score (nSPS) is 19.2. The minimum atomic E-state index is -0.0600. The zero-order valence-corrected chi connectivity index (χ0v) is 15.1. The van der Waals surface area contributed by atoms with E-state index in [0.29, 0.717) is 12.5 Å². The Hall–Kier alpha value is -1.84. The van der Waals surface area contributed by atoms with Gasteiger partial charge in [-0.2, -0.15) is 0 Å². The quantitative estimate of drug-likeness (QED) is 0.871. The van der Waals surface area contributed by atoms with E-state index in [-0.39, 0.29) is 23.7 Å². The summed E-state index contributed by atoms with van der Waals surface area (Å²) in [6.07, 6.45) is 2.90. The molecule has 2 rings (SSSR count). The summed E-state index contributed by atoms with van der Waals surface area (Å²) in [7, 11) is 0. The molecule has 1 aliphatic rings. The number of carbonyl (C=O) groups excluding carboxylic acids is 2. The Kier molecular flexibility index (Phi) is 6.83. The fraction of sp³-hybridized carbons (Fsp3) is 0.600. The van der Waals surface area contributed by atoms with Crippen LogP contribution in [0, 0.1) is 11.8 Å². The van der Waals surface area contributed by atoms with Gasteiger partial charge in [-0.1, -0.05) is 51.1 Å². The standard InChI is InChI=1S/C20H30N2O2/c1-4-18(17-10-6-5-7-11-17)20(24)22-12-8-9-16(14-22)13-21-19(23)15(2)3/h5-7,10-11,15-16,18H,4,8-9,12-14H2,1-3H3,(H,21,23)/t16-,18-/m0/s1. The van der Waals surface area contributed by atoms with Crippen molar-refractivity contribution in [2.75, 3.05) is 19.6 Å². The maximum Gasteiger partial charge on any atom is 0.230 e. The van der Waals surface area contributed by atoms with Gasteiger partial charge < -0.3 is 10.2 Å². The molecule has 4 nitrogen and oxygen atoms in total. The zero-order valence-electron chi connectivity index (χ0n) is 15.1. The Morgan fingerprint density at radius 2 is 1.96 bits per heavy atom. The highest BCUT2D eigenvalue weighted by molar-refractivity contribution is 5.83. The van der Waals surface area contributed by atoms with Crippen molar-refractivity contribution in [2.45, 2.75) is 46.0 Å². The van der Waals surface area contributed by atoms with Crippen LogP contribution in [0.1, 0.15) is 51.5 Å². The zero-order chi connectivity index (χ0) is 17.5. The molecule has 1 aliphatic heterocycles. The second-order valence-corrected chi connectivity index (χ2v) is 7.06. The molecule has 0 radical (unpaired) electrons. The highest BCUT2D eigenvalue weighted by Crippen LogP contribution is 2.25. The summed E-state index contributed by atoms with van der Waals surface area (Å²) in [5.41, 5.74) is 1.10. The summed E-state index contributed by atoms with van der Waals surface area (Å²) >= 11 is 0. The average Bonchev–Trinajstić information content (AvgIpc) is 2.61. The van der Waals surface area contributed by atoms with Gasteiger partial charge in [-0.05, 0) is 30.7 Å². The van der Waals surface area contributed by atoms with E-state index in [1.54, 1.807) is 0 Å². The lowest BCUT2D eigenvalue weighted by atomic mass is 9.92. The van der Waals surface area contributed by atoms with Crippen molar-refractivity contribution in [3.8, 4) is 0 Å². The van der Waals surface area contributed by atoms with E-state index < -0.39 is 0 Å². The first-order valence-electron chi connectivity index (χ1n) is 9.14. The number of likely N-dealkylation sites (tertiary alicyclic amines) is 1. The van der Waals surface area contributed by atoms with Gasteiger partial charge in [0.1, 0.15) is 0 Å². The van der Waals surface area contributed by atoms with E-state index in [0.717, 1.165) is 37.9 Å². The monoisotopic (exact) mass is 330 g/mol. The van der Waals surface area contributed by atoms with Gasteiger partial charge in [-0.15, -0.1) is 0 Å². The minimum Gasteiger partial charge on any atom is -0.356 e. The maximum absolute atomic E-state index is 13.0. The van der Waals surface area contributed by atoms with Crippen LogP contribution in [0.3, 0.4) is 0 Å². The van der Waals surface area contributed by atoms with Gasteiger partial charge in [0, 0.05) is 25.6 Å². The van der Waals surface area contributed by atoms with Crippen molar-refractivity contribution >= 4 is 11.8 Å². The van der Waals surface area contributed by atoms with Crippen LogP contribution < -0.4 is 5.32 Å². The first kappa shape index (κ1) is 18.5. The Balaban J connectivity index is 1.95. The maximum atomic E-state index is 13.0. The van der Waals surface area contributed by atoms with Gasteiger partial charge in [0.05, 0.1) is 5.92 Å². The second kappa shape index (κ2) is 8.86. The van der Waals surface area contributed by atoms with E-state index in [9.17, 15) is 9.59 Å². The molecule has 0 spiro atoms. The number of benzene rings is 1. The molecule has 1 N–H and O–H groups in total. The molecule has 0 saturated carbocycles. The van der Waals surface area contributed by atoms with Gasteiger partial charge in [-0.25, -0.2) is 0 Å². The van der Waals surface area contributed by atoms with Crippen LogP contribution in [0.4, 0.5) is 0 Å².